The van der Waals surface area contributed by atoms with Gasteiger partial charge in [0.05, 0.1) is 12.1 Å². The molecule has 0 saturated heterocycles. The van der Waals surface area contributed by atoms with E-state index in [2.05, 4.69) is 24.3 Å². The van der Waals surface area contributed by atoms with Gasteiger partial charge in [-0.2, -0.15) is 0 Å². The Kier molecular flexibility index (Phi) is 7.51. The van der Waals surface area contributed by atoms with Crippen molar-refractivity contribution in [3.8, 4) is 5.75 Å². The maximum atomic E-state index is 10.6. The van der Waals surface area contributed by atoms with Crippen LogP contribution in [-0.4, -0.2) is 11.2 Å². The van der Waals surface area contributed by atoms with Gasteiger partial charge >= 0.3 is 0 Å². The van der Waals surface area contributed by atoms with Gasteiger partial charge in [0.1, 0.15) is 12.4 Å². The molecular formula is C22H30ClNO2. The van der Waals surface area contributed by atoms with Gasteiger partial charge in [-0.05, 0) is 54.9 Å². The molecule has 3 rings (SSSR count). The summed E-state index contributed by atoms with van der Waals surface area (Å²) in [5, 5.41) is 10.6. The lowest BCUT2D eigenvalue weighted by molar-refractivity contribution is 0.0844. The molecule has 26 heavy (non-hydrogen) atoms. The summed E-state index contributed by atoms with van der Waals surface area (Å²) in [6.07, 6.45) is 4.13. The van der Waals surface area contributed by atoms with E-state index >= 15 is 0 Å². The molecule has 3 nitrogen and oxygen atoms in total. The molecule has 1 aliphatic rings. The summed E-state index contributed by atoms with van der Waals surface area (Å²) in [7, 11) is 0. The first-order valence-corrected chi connectivity index (χ1v) is 9.28. The number of aliphatic hydroxyl groups is 1. The summed E-state index contributed by atoms with van der Waals surface area (Å²) in [5.74, 6) is 1.25. The van der Waals surface area contributed by atoms with Gasteiger partial charge in [-0.1, -0.05) is 55.3 Å². The standard InChI is InChI=1S/C22H29NO2.ClH/c1-15-12-19(20(23)21(24)18-10-6-7-11-18)13-16(2)22(15)25-14-17-8-4-3-5-9-17;/h3-5,8-9,12-13,18,20-21,24H,6-7,10-11,14,23H2,1-2H3;1H/t20-,21+;/m0./s1. The Morgan fingerprint density at radius 2 is 1.65 bits per heavy atom. The first-order valence-electron chi connectivity index (χ1n) is 9.28. The van der Waals surface area contributed by atoms with Crippen molar-refractivity contribution in [2.45, 2.75) is 58.3 Å². The van der Waals surface area contributed by atoms with Crippen LogP contribution in [0.5, 0.6) is 5.75 Å². The maximum absolute atomic E-state index is 10.6. The zero-order valence-electron chi connectivity index (χ0n) is 15.7. The smallest absolute Gasteiger partial charge is 0.125 e. The summed E-state index contributed by atoms with van der Waals surface area (Å²) >= 11 is 0. The second-order valence-corrected chi connectivity index (χ2v) is 7.32. The molecular weight excluding hydrogens is 346 g/mol. The van der Waals surface area contributed by atoms with Gasteiger partial charge in [0, 0.05) is 0 Å². The number of benzene rings is 2. The number of halogens is 1. The van der Waals surface area contributed by atoms with Crippen molar-refractivity contribution in [3.63, 3.8) is 0 Å². The molecule has 0 bridgehead atoms. The Hall–Kier alpha value is -1.55. The first kappa shape index (κ1) is 20.8. The lowest BCUT2D eigenvalue weighted by Gasteiger charge is -2.26. The highest BCUT2D eigenvalue weighted by Gasteiger charge is 2.29. The summed E-state index contributed by atoms with van der Waals surface area (Å²) in [6, 6.07) is 14.0. The summed E-state index contributed by atoms with van der Waals surface area (Å²) in [4.78, 5) is 0. The fraction of sp³-hybridized carbons (Fsp3) is 0.455. The fourth-order valence-corrected chi connectivity index (χ4v) is 3.92. The number of aliphatic hydroxyl groups excluding tert-OH is 1. The van der Waals surface area contributed by atoms with E-state index in [1.165, 1.54) is 12.8 Å². The van der Waals surface area contributed by atoms with E-state index in [-0.39, 0.29) is 18.4 Å². The second-order valence-electron chi connectivity index (χ2n) is 7.32. The first-order chi connectivity index (χ1) is 12.1. The van der Waals surface area contributed by atoms with Crippen LogP contribution in [0.25, 0.3) is 0 Å². The number of aryl methyl sites for hydroxylation is 2. The minimum atomic E-state index is -0.461. The van der Waals surface area contributed by atoms with Crippen LogP contribution in [0.4, 0.5) is 0 Å². The van der Waals surface area contributed by atoms with Crippen LogP contribution in [-0.2, 0) is 6.61 Å². The molecule has 0 aromatic heterocycles. The van der Waals surface area contributed by atoms with Gasteiger partial charge in [-0.15, -0.1) is 12.4 Å². The van der Waals surface area contributed by atoms with Crippen molar-refractivity contribution in [3.05, 3.63) is 64.7 Å². The predicted octanol–water partition coefficient (Wildman–Crippen LogP) is 4.86. The molecule has 1 aliphatic carbocycles. The molecule has 0 amide bonds. The summed E-state index contributed by atoms with van der Waals surface area (Å²) in [5.41, 5.74) is 10.7. The van der Waals surface area contributed by atoms with Gasteiger partial charge in [0.2, 0.25) is 0 Å². The normalized spacial score (nSPS) is 16.8. The highest BCUT2D eigenvalue weighted by atomic mass is 35.5. The molecule has 1 saturated carbocycles. The number of nitrogens with two attached hydrogens (primary N) is 1. The highest BCUT2D eigenvalue weighted by Crippen LogP contribution is 2.34. The van der Waals surface area contributed by atoms with Crippen molar-refractivity contribution < 1.29 is 9.84 Å². The monoisotopic (exact) mass is 375 g/mol. The number of hydrogen-bond acceptors (Lipinski definition) is 3. The number of rotatable bonds is 6. The molecule has 2 aromatic rings. The van der Waals surface area contributed by atoms with E-state index in [0.29, 0.717) is 12.5 Å². The Bertz CT molecular complexity index is 676. The highest BCUT2D eigenvalue weighted by molar-refractivity contribution is 5.85. The third-order valence-electron chi connectivity index (χ3n) is 5.34. The average Bonchev–Trinajstić information content (AvgIpc) is 3.15. The van der Waals surface area contributed by atoms with E-state index in [4.69, 9.17) is 10.5 Å². The topological polar surface area (TPSA) is 55.5 Å². The predicted molar refractivity (Wildman–Crippen MR) is 109 cm³/mol. The van der Waals surface area contributed by atoms with Crippen LogP contribution < -0.4 is 10.5 Å². The van der Waals surface area contributed by atoms with Gasteiger partial charge in [-0.25, -0.2) is 0 Å². The molecule has 0 aliphatic heterocycles. The molecule has 142 valence electrons. The quantitative estimate of drug-likeness (QED) is 0.758. The molecule has 0 heterocycles. The SMILES string of the molecule is Cc1cc([C@H](N)[C@H](O)C2CCCC2)cc(C)c1OCc1ccccc1.Cl. The van der Waals surface area contributed by atoms with Crippen LogP contribution >= 0.6 is 12.4 Å². The maximum Gasteiger partial charge on any atom is 0.125 e. The third kappa shape index (κ3) is 4.79. The van der Waals surface area contributed by atoms with E-state index in [9.17, 15) is 5.11 Å². The van der Waals surface area contributed by atoms with Crippen LogP contribution in [0.15, 0.2) is 42.5 Å². The largest absolute Gasteiger partial charge is 0.488 e. The second kappa shape index (κ2) is 9.40. The van der Waals surface area contributed by atoms with Gasteiger partial charge in [0.15, 0.2) is 0 Å². The molecule has 2 atom stereocenters. The Morgan fingerprint density at radius 3 is 2.23 bits per heavy atom. The van der Waals surface area contributed by atoms with Crippen LogP contribution in [0.1, 0.15) is 54.0 Å². The molecule has 1 fully saturated rings. The summed E-state index contributed by atoms with van der Waals surface area (Å²) in [6.45, 7) is 4.65. The number of ether oxygens (including phenoxy) is 1. The minimum absolute atomic E-state index is 0. The fourth-order valence-electron chi connectivity index (χ4n) is 3.92. The zero-order valence-corrected chi connectivity index (χ0v) is 16.5. The minimum Gasteiger partial charge on any atom is -0.488 e. The van der Waals surface area contributed by atoms with Crippen molar-refractivity contribution >= 4 is 12.4 Å². The molecule has 0 radical (unpaired) electrons. The van der Waals surface area contributed by atoms with E-state index < -0.39 is 6.10 Å². The average molecular weight is 376 g/mol. The molecule has 2 aromatic carbocycles. The molecule has 3 N–H and O–H groups in total. The van der Waals surface area contributed by atoms with E-state index in [1.54, 1.807) is 0 Å². The van der Waals surface area contributed by atoms with Crippen molar-refractivity contribution in [1.82, 2.24) is 0 Å². The van der Waals surface area contributed by atoms with Crippen molar-refractivity contribution in [2.75, 3.05) is 0 Å². The van der Waals surface area contributed by atoms with Crippen molar-refractivity contribution in [1.29, 1.82) is 0 Å². The van der Waals surface area contributed by atoms with E-state index in [0.717, 1.165) is 40.8 Å². The lowest BCUT2D eigenvalue weighted by atomic mass is 9.89. The summed E-state index contributed by atoms with van der Waals surface area (Å²) < 4.78 is 6.05. The number of hydrogen-bond donors (Lipinski definition) is 2. The van der Waals surface area contributed by atoms with Gasteiger partial charge in [-0.3, -0.25) is 0 Å². The van der Waals surface area contributed by atoms with E-state index in [1.807, 2.05) is 32.0 Å². The molecule has 0 unspecified atom stereocenters. The van der Waals surface area contributed by atoms with Crippen LogP contribution in [0, 0.1) is 19.8 Å². The molecule has 4 heteroatoms. The van der Waals surface area contributed by atoms with Crippen LogP contribution in [0.3, 0.4) is 0 Å². The molecule has 0 spiro atoms. The van der Waals surface area contributed by atoms with Crippen molar-refractivity contribution in [2.24, 2.45) is 11.7 Å². The Morgan fingerprint density at radius 1 is 1.08 bits per heavy atom. The van der Waals surface area contributed by atoms with Crippen LogP contribution in [0.2, 0.25) is 0 Å². The Labute approximate surface area is 163 Å². The van der Waals surface area contributed by atoms with Gasteiger partial charge < -0.3 is 15.6 Å². The Balaban J connectivity index is 0.00000243. The third-order valence-corrected chi connectivity index (χ3v) is 5.34. The lowest BCUT2D eigenvalue weighted by Crippen LogP contribution is -2.32. The zero-order chi connectivity index (χ0) is 17.8. The van der Waals surface area contributed by atoms with Gasteiger partial charge in [0.25, 0.3) is 0 Å².